The number of ether oxygens (including phenoxy) is 3. The molecule has 21 heteroatoms. The molecule has 4 rings (SSSR count). The summed E-state index contributed by atoms with van der Waals surface area (Å²) >= 11 is 7.19. The maximum atomic E-state index is 13.1. The molecule has 0 saturated heterocycles. The van der Waals surface area contributed by atoms with Crippen LogP contribution in [-0.2, 0) is 34.4 Å². The zero-order valence-electron chi connectivity index (χ0n) is 34.7. The first-order valence-electron chi connectivity index (χ1n) is 19.8. The van der Waals surface area contributed by atoms with Gasteiger partial charge in [-0.15, -0.1) is 0 Å². The molecule has 0 aliphatic carbocycles. The molecular formula is C42H50ClN11O8S. The standard InChI is InChI=1S/C42H50ClN11O8S/c1-23(51-37(55)33(48)5-3-15-44)41(57)61-21-30(62-42(58)24(2)52-38(56)34(49)6-4-16-45)20-59-29-13-9-25(10-14-29)35-31(17-46)36(50)54-40(32(35)18-47)63-22-28-19-60-39(53-28)26-7-11-27(43)12-8-26/h7-14,19,23-24,30,33-34H,3-6,15-16,20-22,44-45,48-49H2,1-2H3,(H2,50,54)(H,51,55)(H,52,56)/t23-,24-,30-,33-,34-/m0/s1. The Morgan fingerprint density at radius 1 is 0.825 bits per heavy atom. The highest BCUT2D eigenvalue weighted by Crippen LogP contribution is 2.37. The van der Waals surface area contributed by atoms with Crippen LogP contribution in [0.4, 0.5) is 5.82 Å². The van der Waals surface area contributed by atoms with E-state index in [-0.39, 0.29) is 45.6 Å². The van der Waals surface area contributed by atoms with Crippen molar-refractivity contribution in [2.75, 3.05) is 32.0 Å². The molecule has 0 radical (unpaired) electrons. The lowest BCUT2D eigenvalue weighted by molar-refractivity contribution is -0.163. The quantitative estimate of drug-likeness (QED) is 0.0415. The molecule has 0 spiro atoms. The Bertz CT molecular complexity index is 2280. The molecule has 19 nitrogen and oxygen atoms in total. The van der Waals surface area contributed by atoms with Gasteiger partial charge in [-0.25, -0.2) is 19.6 Å². The van der Waals surface area contributed by atoms with Gasteiger partial charge < -0.3 is 57.9 Å². The van der Waals surface area contributed by atoms with Gasteiger partial charge in [0.25, 0.3) is 0 Å². The average molecular weight is 904 g/mol. The number of amides is 2. The van der Waals surface area contributed by atoms with Gasteiger partial charge in [0.2, 0.25) is 17.7 Å². The molecule has 5 atom stereocenters. The molecule has 0 bridgehead atoms. The van der Waals surface area contributed by atoms with Crippen LogP contribution in [-0.4, -0.2) is 90.3 Å². The van der Waals surface area contributed by atoms with E-state index in [9.17, 15) is 29.7 Å². The second-order valence-corrected chi connectivity index (χ2v) is 15.6. The number of rotatable bonds is 23. The van der Waals surface area contributed by atoms with Crippen molar-refractivity contribution in [1.82, 2.24) is 20.6 Å². The highest BCUT2D eigenvalue weighted by Gasteiger charge is 2.28. The van der Waals surface area contributed by atoms with E-state index in [1.54, 1.807) is 48.5 Å². The molecule has 0 fully saturated rings. The van der Waals surface area contributed by atoms with Gasteiger partial charge in [0, 0.05) is 21.9 Å². The van der Waals surface area contributed by atoms with E-state index < -0.39 is 60.6 Å². The summed E-state index contributed by atoms with van der Waals surface area (Å²) in [5.74, 6) is -2.03. The minimum Gasteiger partial charge on any atom is -0.490 e. The third-order valence-electron chi connectivity index (χ3n) is 9.23. The molecule has 0 saturated carbocycles. The summed E-state index contributed by atoms with van der Waals surface area (Å²) in [6, 6.07) is 13.5. The Labute approximate surface area is 373 Å². The van der Waals surface area contributed by atoms with Crippen LogP contribution in [0.5, 0.6) is 5.75 Å². The number of esters is 2. The Morgan fingerprint density at radius 3 is 1.97 bits per heavy atom. The summed E-state index contributed by atoms with van der Waals surface area (Å²) in [5, 5.41) is 26.2. The summed E-state index contributed by atoms with van der Waals surface area (Å²) < 4.78 is 22.6. The molecular weight excluding hydrogens is 854 g/mol. The second-order valence-electron chi connectivity index (χ2n) is 14.2. The van der Waals surface area contributed by atoms with Crippen LogP contribution in [0, 0.1) is 22.7 Å². The number of nitrogen functional groups attached to an aromatic ring is 1. The second kappa shape index (κ2) is 24.4. The number of oxazole rings is 1. The van der Waals surface area contributed by atoms with E-state index in [2.05, 4.69) is 26.7 Å². The van der Waals surface area contributed by atoms with Crippen molar-refractivity contribution in [2.45, 2.75) is 80.6 Å². The first-order chi connectivity index (χ1) is 30.2. The third-order valence-corrected chi connectivity index (χ3v) is 10.5. The number of nitriles is 2. The summed E-state index contributed by atoms with van der Waals surface area (Å²) in [7, 11) is 0. The van der Waals surface area contributed by atoms with Gasteiger partial charge in [-0.3, -0.25) is 9.59 Å². The fourth-order valence-corrected chi connectivity index (χ4v) is 6.72. The highest BCUT2D eigenvalue weighted by atomic mass is 35.5. The van der Waals surface area contributed by atoms with Crippen LogP contribution >= 0.6 is 23.4 Å². The van der Waals surface area contributed by atoms with Crippen molar-refractivity contribution in [3.8, 4) is 40.5 Å². The van der Waals surface area contributed by atoms with E-state index in [1.807, 2.05) is 6.07 Å². The van der Waals surface area contributed by atoms with Gasteiger partial charge in [0.1, 0.15) is 65.9 Å². The van der Waals surface area contributed by atoms with Gasteiger partial charge in [-0.2, -0.15) is 10.5 Å². The number of benzene rings is 2. The molecule has 0 aliphatic heterocycles. The van der Waals surface area contributed by atoms with Crippen molar-refractivity contribution in [3.05, 3.63) is 76.6 Å². The van der Waals surface area contributed by atoms with E-state index in [1.165, 1.54) is 31.9 Å². The molecule has 0 aliphatic rings. The maximum absolute atomic E-state index is 13.1. The van der Waals surface area contributed by atoms with E-state index >= 15 is 0 Å². The number of pyridine rings is 1. The Hall–Kier alpha value is -6.26. The topological polar surface area (TPSA) is 337 Å². The zero-order valence-corrected chi connectivity index (χ0v) is 36.2. The number of nitrogens with one attached hydrogen (secondary N) is 2. The number of aromatic nitrogens is 2. The van der Waals surface area contributed by atoms with Crippen molar-refractivity contribution in [2.24, 2.45) is 22.9 Å². The monoisotopic (exact) mass is 903 g/mol. The van der Waals surface area contributed by atoms with Crippen LogP contribution in [0.15, 0.2) is 64.2 Å². The number of anilines is 1. The summed E-state index contributed by atoms with van der Waals surface area (Å²) in [6.07, 6.45) is 1.94. The smallest absolute Gasteiger partial charge is 0.328 e. The van der Waals surface area contributed by atoms with Crippen LogP contribution in [0.1, 0.15) is 56.4 Å². The predicted molar refractivity (Wildman–Crippen MR) is 234 cm³/mol. The number of carbonyl (C=O) groups is 4. The first kappa shape index (κ1) is 49.4. The molecule has 63 heavy (non-hydrogen) atoms. The third kappa shape index (κ3) is 14.4. The average Bonchev–Trinajstić information content (AvgIpc) is 3.76. The van der Waals surface area contributed by atoms with Gasteiger partial charge in [0.05, 0.1) is 23.3 Å². The maximum Gasteiger partial charge on any atom is 0.328 e. The largest absolute Gasteiger partial charge is 0.490 e. The lowest BCUT2D eigenvalue weighted by Crippen LogP contribution is -2.49. The van der Waals surface area contributed by atoms with E-state index in [0.29, 0.717) is 60.9 Å². The Kier molecular flexibility index (Phi) is 19.1. The summed E-state index contributed by atoms with van der Waals surface area (Å²) in [4.78, 5) is 59.9. The fraction of sp³-hybridized carbons (Fsp3) is 0.381. The predicted octanol–water partition coefficient (Wildman–Crippen LogP) is 2.65. The number of nitrogens with two attached hydrogens (primary N) is 5. The summed E-state index contributed by atoms with van der Waals surface area (Å²) in [5.41, 5.74) is 31.1. The molecule has 2 heterocycles. The lowest BCUT2D eigenvalue weighted by atomic mass is 9.97. The molecule has 2 amide bonds. The van der Waals surface area contributed by atoms with Crippen molar-refractivity contribution >= 4 is 52.9 Å². The molecule has 12 N–H and O–H groups in total. The minimum atomic E-state index is -1.21. The van der Waals surface area contributed by atoms with Gasteiger partial charge in [-0.1, -0.05) is 35.5 Å². The molecule has 2 aromatic carbocycles. The van der Waals surface area contributed by atoms with Crippen LogP contribution < -0.4 is 44.0 Å². The van der Waals surface area contributed by atoms with Gasteiger partial charge in [-0.05, 0) is 94.6 Å². The zero-order chi connectivity index (χ0) is 46.1. The van der Waals surface area contributed by atoms with Gasteiger partial charge in [0.15, 0.2) is 6.10 Å². The molecule has 2 aromatic heterocycles. The van der Waals surface area contributed by atoms with E-state index in [4.69, 9.17) is 58.9 Å². The fourth-order valence-electron chi connectivity index (χ4n) is 5.72. The molecule has 4 aromatic rings. The first-order valence-corrected chi connectivity index (χ1v) is 21.1. The van der Waals surface area contributed by atoms with Gasteiger partial charge >= 0.3 is 11.9 Å². The number of halogens is 1. The van der Waals surface area contributed by atoms with Crippen molar-refractivity contribution in [1.29, 1.82) is 10.5 Å². The number of hydrogen-bond donors (Lipinski definition) is 7. The molecule has 0 unspecified atom stereocenters. The van der Waals surface area contributed by atoms with Crippen molar-refractivity contribution < 1.29 is 37.8 Å². The normalized spacial score (nSPS) is 13.3. The number of hydrogen-bond acceptors (Lipinski definition) is 18. The molecule has 334 valence electrons. The van der Waals surface area contributed by atoms with Crippen LogP contribution in [0.25, 0.3) is 22.6 Å². The number of carbonyl (C=O) groups excluding carboxylic acids is 4. The SMILES string of the molecule is C[C@H](NC(=O)[C@@H](N)CCCN)C(=O)OC[C@H](COc1ccc(-c2c(C#N)c(N)nc(SCc3coc(-c4ccc(Cl)cc4)n3)c2C#N)cc1)OC(=O)[C@H](C)NC(=O)[C@@H](N)CCCN. The number of thioether (sulfide) groups is 1. The lowest BCUT2D eigenvalue weighted by Gasteiger charge is -2.23. The Balaban J connectivity index is 1.49. The highest BCUT2D eigenvalue weighted by molar-refractivity contribution is 7.98. The van der Waals surface area contributed by atoms with E-state index in [0.717, 1.165) is 5.56 Å². The van der Waals surface area contributed by atoms with Crippen LogP contribution in [0.2, 0.25) is 5.02 Å². The summed E-state index contributed by atoms with van der Waals surface area (Å²) in [6.45, 7) is 2.66. The van der Waals surface area contributed by atoms with Crippen LogP contribution in [0.3, 0.4) is 0 Å². The number of nitrogens with zero attached hydrogens (tertiary/aromatic N) is 4. The Morgan fingerprint density at radius 2 is 1.40 bits per heavy atom. The minimum absolute atomic E-state index is 0.00525. The van der Waals surface area contributed by atoms with Crippen molar-refractivity contribution in [3.63, 3.8) is 0 Å².